The summed E-state index contributed by atoms with van der Waals surface area (Å²) in [7, 11) is 1.49. The van der Waals surface area contributed by atoms with Crippen LogP contribution >= 0.6 is 46.6 Å². The molecule has 1 fully saturated rings. The summed E-state index contributed by atoms with van der Waals surface area (Å²) in [5.74, 6) is 0.0625. The van der Waals surface area contributed by atoms with Crippen LogP contribution < -0.4 is 9.47 Å². The number of thioether (sulfide) groups is 1. The Hall–Kier alpha value is -2.17. The molecule has 0 aliphatic carbocycles. The Bertz CT molecular complexity index is 1040. The average Bonchev–Trinajstić information content (AvgIpc) is 2.97. The van der Waals surface area contributed by atoms with Crippen molar-refractivity contribution in [2.75, 3.05) is 13.7 Å². The number of nitrogens with zero attached hydrogens (tertiary/aromatic N) is 1. The second kappa shape index (κ2) is 9.55. The molecule has 0 N–H and O–H groups in total. The van der Waals surface area contributed by atoms with Gasteiger partial charge in [-0.25, -0.2) is 4.79 Å². The van der Waals surface area contributed by atoms with E-state index in [1.165, 1.54) is 23.8 Å². The Morgan fingerprint density at radius 1 is 1.28 bits per heavy atom. The maximum Gasteiger partial charge on any atom is 0.344 e. The third-order valence-electron chi connectivity index (χ3n) is 3.97. The molecule has 3 rings (SSSR count). The number of methoxy groups -OCH3 is 1. The highest BCUT2D eigenvalue weighted by Crippen LogP contribution is 2.35. The number of benzene rings is 2. The number of esters is 1. The van der Waals surface area contributed by atoms with Crippen molar-refractivity contribution in [2.24, 2.45) is 0 Å². The zero-order valence-electron chi connectivity index (χ0n) is 15.4. The van der Waals surface area contributed by atoms with Crippen LogP contribution in [-0.4, -0.2) is 34.8 Å². The first-order valence-electron chi connectivity index (χ1n) is 8.45. The molecule has 1 amide bonds. The lowest BCUT2D eigenvalue weighted by molar-refractivity contribution is -0.121. The summed E-state index contributed by atoms with van der Waals surface area (Å²) >= 11 is 8.57. The number of carbonyl (C=O) groups excluding carboxylic acids is 2. The lowest BCUT2D eigenvalue weighted by Gasteiger charge is -2.11. The molecule has 0 spiro atoms. The summed E-state index contributed by atoms with van der Waals surface area (Å²) in [5.41, 5.74) is 1.21. The van der Waals surface area contributed by atoms with Crippen LogP contribution in [0.15, 0.2) is 60.0 Å². The Morgan fingerprint density at radius 2 is 2.03 bits per heavy atom. The zero-order chi connectivity index (χ0) is 21.0. The minimum atomic E-state index is -0.466. The Labute approximate surface area is 191 Å². The van der Waals surface area contributed by atoms with Gasteiger partial charge in [-0.1, -0.05) is 48.3 Å². The fourth-order valence-corrected chi connectivity index (χ4v) is 4.46. The number of amides is 1. The van der Waals surface area contributed by atoms with Crippen molar-refractivity contribution in [3.05, 3.63) is 74.7 Å². The number of ether oxygens (including phenoxy) is 2. The molecule has 0 aromatic heterocycles. The predicted octanol–water partition coefficient (Wildman–Crippen LogP) is 4.91. The molecule has 8 heteroatoms. The molecular formula is C21H16INO4S2. The summed E-state index contributed by atoms with van der Waals surface area (Å²) in [4.78, 5) is 26.9. The number of carbonyl (C=O) groups is 2. The van der Waals surface area contributed by atoms with Gasteiger partial charge in [0.1, 0.15) is 4.32 Å². The molecule has 0 radical (unpaired) electrons. The van der Waals surface area contributed by atoms with Gasteiger partial charge in [-0.05, 0) is 58.5 Å². The van der Waals surface area contributed by atoms with Crippen LogP contribution in [0.25, 0.3) is 6.08 Å². The van der Waals surface area contributed by atoms with E-state index < -0.39 is 5.97 Å². The predicted molar refractivity (Wildman–Crippen MR) is 127 cm³/mol. The highest BCUT2D eigenvalue weighted by atomic mass is 127. The maximum absolute atomic E-state index is 12.5. The summed E-state index contributed by atoms with van der Waals surface area (Å²) in [5, 5.41) is 0. The van der Waals surface area contributed by atoms with Gasteiger partial charge in [-0.15, -0.1) is 6.58 Å². The van der Waals surface area contributed by atoms with E-state index in [9.17, 15) is 9.59 Å². The number of rotatable bonds is 6. The second-order valence-electron chi connectivity index (χ2n) is 5.86. The van der Waals surface area contributed by atoms with E-state index >= 15 is 0 Å². The van der Waals surface area contributed by atoms with E-state index in [0.29, 0.717) is 32.8 Å². The van der Waals surface area contributed by atoms with Gasteiger partial charge >= 0.3 is 5.97 Å². The molecular weight excluding hydrogens is 521 g/mol. The number of thiocarbonyl (C=S) groups is 1. The first-order chi connectivity index (χ1) is 13.9. The summed E-state index contributed by atoms with van der Waals surface area (Å²) in [6.07, 6.45) is 3.37. The molecule has 0 atom stereocenters. The molecule has 148 valence electrons. The van der Waals surface area contributed by atoms with Crippen molar-refractivity contribution >= 4 is 68.8 Å². The van der Waals surface area contributed by atoms with Crippen LogP contribution in [-0.2, 0) is 4.79 Å². The molecule has 1 saturated heterocycles. The largest absolute Gasteiger partial charge is 0.493 e. The molecule has 0 unspecified atom stereocenters. The number of halogens is 1. The molecule has 0 saturated carbocycles. The Balaban J connectivity index is 1.83. The molecule has 1 heterocycles. The topological polar surface area (TPSA) is 55.8 Å². The SMILES string of the molecule is C=CCN1C(=O)C(=Cc2ccc(OC(=O)c3ccccc3I)c(OC)c2)SC1=S. The summed E-state index contributed by atoms with van der Waals surface area (Å²) in [6, 6.07) is 12.3. The van der Waals surface area contributed by atoms with E-state index in [1.54, 1.807) is 42.5 Å². The van der Waals surface area contributed by atoms with E-state index in [1.807, 2.05) is 12.1 Å². The molecule has 1 aliphatic heterocycles. The standard InChI is InChI=1S/C21H16INO4S2/c1-3-10-23-19(24)18(29-21(23)28)12-13-8-9-16(17(11-13)26-2)27-20(25)14-6-4-5-7-15(14)22/h3-9,11-12H,1,10H2,2H3. The zero-order valence-corrected chi connectivity index (χ0v) is 19.2. The number of hydrogen-bond donors (Lipinski definition) is 0. The Morgan fingerprint density at radius 3 is 2.72 bits per heavy atom. The highest BCUT2D eigenvalue weighted by Gasteiger charge is 2.31. The van der Waals surface area contributed by atoms with Crippen molar-refractivity contribution < 1.29 is 19.1 Å². The third-order valence-corrected chi connectivity index (χ3v) is 6.29. The van der Waals surface area contributed by atoms with Gasteiger partial charge in [0.05, 0.1) is 17.6 Å². The minimum absolute atomic E-state index is 0.159. The van der Waals surface area contributed by atoms with Crippen LogP contribution in [0.4, 0.5) is 0 Å². The van der Waals surface area contributed by atoms with Crippen molar-refractivity contribution in [3.63, 3.8) is 0 Å². The smallest absolute Gasteiger partial charge is 0.344 e. The Kier molecular flexibility index (Phi) is 7.09. The summed E-state index contributed by atoms with van der Waals surface area (Å²) in [6.45, 7) is 4.02. The van der Waals surface area contributed by atoms with E-state index in [4.69, 9.17) is 21.7 Å². The highest BCUT2D eigenvalue weighted by molar-refractivity contribution is 14.1. The quantitative estimate of drug-likeness (QED) is 0.131. The summed E-state index contributed by atoms with van der Waals surface area (Å²) < 4.78 is 12.2. The van der Waals surface area contributed by atoms with Crippen molar-refractivity contribution in [1.29, 1.82) is 0 Å². The van der Waals surface area contributed by atoms with Crippen LogP contribution in [0.3, 0.4) is 0 Å². The molecule has 29 heavy (non-hydrogen) atoms. The lowest BCUT2D eigenvalue weighted by atomic mass is 10.1. The third kappa shape index (κ3) is 4.88. The van der Waals surface area contributed by atoms with Crippen LogP contribution in [0.1, 0.15) is 15.9 Å². The van der Waals surface area contributed by atoms with Crippen molar-refractivity contribution in [2.45, 2.75) is 0 Å². The monoisotopic (exact) mass is 537 g/mol. The fourth-order valence-electron chi connectivity index (χ4n) is 2.58. The number of hydrogen-bond acceptors (Lipinski definition) is 6. The van der Waals surface area contributed by atoms with E-state index in [0.717, 1.165) is 9.13 Å². The van der Waals surface area contributed by atoms with Crippen LogP contribution in [0.2, 0.25) is 0 Å². The van der Waals surface area contributed by atoms with Crippen LogP contribution in [0, 0.1) is 3.57 Å². The normalized spacial score (nSPS) is 15.0. The van der Waals surface area contributed by atoms with Gasteiger partial charge in [0.2, 0.25) is 0 Å². The van der Waals surface area contributed by atoms with Gasteiger partial charge in [0, 0.05) is 10.1 Å². The lowest BCUT2D eigenvalue weighted by Crippen LogP contribution is -2.27. The van der Waals surface area contributed by atoms with E-state index in [-0.39, 0.29) is 5.91 Å². The van der Waals surface area contributed by atoms with Crippen molar-refractivity contribution in [1.82, 2.24) is 4.90 Å². The molecule has 5 nitrogen and oxygen atoms in total. The van der Waals surface area contributed by atoms with Gasteiger partial charge in [-0.3, -0.25) is 9.69 Å². The molecule has 0 bridgehead atoms. The molecule has 1 aliphatic rings. The first-order valence-corrected chi connectivity index (χ1v) is 10.8. The maximum atomic E-state index is 12.5. The van der Waals surface area contributed by atoms with E-state index in [2.05, 4.69) is 29.2 Å². The van der Waals surface area contributed by atoms with Gasteiger partial charge in [0.25, 0.3) is 5.91 Å². The average molecular weight is 537 g/mol. The first kappa shape index (κ1) is 21.5. The molecule has 2 aromatic rings. The molecule has 2 aromatic carbocycles. The van der Waals surface area contributed by atoms with Gasteiger partial charge < -0.3 is 9.47 Å². The van der Waals surface area contributed by atoms with Gasteiger partial charge in [0.15, 0.2) is 11.5 Å². The van der Waals surface area contributed by atoms with Gasteiger partial charge in [-0.2, -0.15) is 0 Å². The fraction of sp³-hybridized carbons (Fsp3) is 0.0952. The van der Waals surface area contributed by atoms with Crippen molar-refractivity contribution in [3.8, 4) is 11.5 Å². The second-order valence-corrected chi connectivity index (χ2v) is 8.70. The van der Waals surface area contributed by atoms with Crippen LogP contribution in [0.5, 0.6) is 11.5 Å². The minimum Gasteiger partial charge on any atom is -0.493 e.